The summed E-state index contributed by atoms with van der Waals surface area (Å²) in [5.74, 6) is -0.950. The molecular formula is C17H19F3N4O2. The van der Waals surface area contributed by atoms with Crippen LogP contribution in [-0.2, 0) is 10.3 Å². The number of hydrogen-bond donors (Lipinski definition) is 2. The van der Waals surface area contributed by atoms with Gasteiger partial charge in [-0.3, -0.25) is 10.1 Å². The van der Waals surface area contributed by atoms with Gasteiger partial charge in [0, 0.05) is 5.54 Å². The van der Waals surface area contributed by atoms with Gasteiger partial charge in [0.2, 0.25) is 11.9 Å². The van der Waals surface area contributed by atoms with Crippen molar-refractivity contribution in [1.29, 1.82) is 5.26 Å². The molecule has 0 unspecified atom stereocenters. The molecule has 9 heteroatoms. The highest BCUT2D eigenvalue weighted by atomic mass is 19.4. The monoisotopic (exact) mass is 368 g/mol. The van der Waals surface area contributed by atoms with Crippen molar-refractivity contribution in [3.8, 4) is 6.07 Å². The number of aromatic nitrogens is 2. The third-order valence-corrected chi connectivity index (χ3v) is 3.80. The van der Waals surface area contributed by atoms with Crippen molar-refractivity contribution in [2.24, 2.45) is 0 Å². The molecule has 6 nitrogen and oxygen atoms in total. The van der Waals surface area contributed by atoms with Crippen LogP contribution in [-0.4, -0.2) is 32.8 Å². The predicted octanol–water partition coefficient (Wildman–Crippen LogP) is 3.22. The number of nitrogens with zero attached hydrogens (tertiary/aromatic N) is 3. The molecule has 0 bridgehead atoms. The molecule has 1 aromatic heterocycles. The van der Waals surface area contributed by atoms with E-state index < -0.39 is 30.1 Å². The van der Waals surface area contributed by atoms with E-state index >= 15 is 0 Å². The number of anilines is 1. The lowest BCUT2D eigenvalue weighted by Crippen LogP contribution is -2.33. The molecule has 2 N–H and O–H groups in total. The van der Waals surface area contributed by atoms with Crippen molar-refractivity contribution < 1.29 is 23.1 Å². The van der Waals surface area contributed by atoms with Crippen LogP contribution in [0.5, 0.6) is 0 Å². The van der Waals surface area contributed by atoms with Crippen LogP contribution in [0.2, 0.25) is 0 Å². The van der Waals surface area contributed by atoms with E-state index in [4.69, 9.17) is 5.11 Å². The molecule has 0 aliphatic rings. The number of nitrogens with one attached hydrogen (secondary N) is 1. The third kappa shape index (κ3) is 3.96. The van der Waals surface area contributed by atoms with Crippen LogP contribution in [0.25, 0.3) is 11.0 Å². The normalized spacial score (nSPS) is 13.5. The Balaban J connectivity index is 2.47. The van der Waals surface area contributed by atoms with Gasteiger partial charge in [0.15, 0.2) is 6.10 Å². The summed E-state index contributed by atoms with van der Waals surface area (Å²) in [6, 6.07) is 5.38. The second kappa shape index (κ2) is 6.61. The van der Waals surface area contributed by atoms with E-state index in [1.165, 1.54) is 0 Å². The summed E-state index contributed by atoms with van der Waals surface area (Å²) in [6.07, 6.45) is -8.75. The molecule has 2 rings (SSSR count). The number of imidazole rings is 1. The van der Waals surface area contributed by atoms with Gasteiger partial charge in [-0.1, -0.05) is 0 Å². The highest BCUT2D eigenvalue weighted by molar-refractivity contribution is 5.92. The van der Waals surface area contributed by atoms with Gasteiger partial charge in [-0.25, -0.2) is 4.98 Å². The summed E-state index contributed by atoms with van der Waals surface area (Å²) in [7, 11) is 0. The molecule has 0 saturated heterocycles. The van der Waals surface area contributed by atoms with Crippen molar-refractivity contribution in [1.82, 2.24) is 9.55 Å². The van der Waals surface area contributed by atoms with Gasteiger partial charge in [0.1, 0.15) is 0 Å². The van der Waals surface area contributed by atoms with Crippen LogP contribution in [0.3, 0.4) is 0 Å². The van der Waals surface area contributed by atoms with Crippen LogP contribution < -0.4 is 5.32 Å². The summed E-state index contributed by atoms with van der Waals surface area (Å²) in [6.45, 7) is 7.24. The Bertz CT molecular complexity index is 889. The number of aliphatic hydroxyl groups excluding tert-OH is 1. The number of aryl methyl sites for hydroxylation is 1. The van der Waals surface area contributed by atoms with E-state index in [0.717, 1.165) is 0 Å². The van der Waals surface area contributed by atoms with Crippen LogP contribution in [0, 0.1) is 18.3 Å². The average molecular weight is 368 g/mol. The van der Waals surface area contributed by atoms with E-state index in [9.17, 15) is 23.2 Å². The molecule has 0 fully saturated rings. The van der Waals surface area contributed by atoms with Gasteiger partial charge in [-0.15, -0.1) is 0 Å². The maximum atomic E-state index is 12.4. The number of alkyl halides is 3. The molecule has 1 heterocycles. The van der Waals surface area contributed by atoms with Gasteiger partial charge < -0.3 is 9.67 Å². The molecular weight excluding hydrogens is 349 g/mol. The van der Waals surface area contributed by atoms with Crippen LogP contribution in [0.1, 0.15) is 38.3 Å². The summed E-state index contributed by atoms with van der Waals surface area (Å²) < 4.78 is 38.9. The number of halogens is 3. The number of hydrogen-bond acceptors (Lipinski definition) is 4. The van der Waals surface area contributed by atoms with Gasteiger partial charge in [0.05, 0.1) is 29.1 Å². The largest absolute Gasteiger partial charge is 0.414 e. The lowest BCUT2D eigenvalue weighted by atomic mass is 10.1. The van der Waals surface area contributed by atoms with Crippen molar-refractivity contribution in [2.45, 2.75) is 51.9 Å². The Morgan fingerprint density at radius 3 is 2.50 bits per heavy atom. The van der Waals surface area contributed by atoms with Crippen LogP contribution in [0.4, 0.5) is 19.1 Å². The number of amides is 1. The minimum Gasteiger partial charge on any atom is -0.383 e. The van der Waals surface area contributed by atoms with Gasteiger partial charge in [0.25, 0.3) is 0 Å². The second-order valence-corrected chi connectivity index (χ2v) is 7.02. The maximum Gasteiger partial charge on any atom is 0.414 e. The minimum atomic E-state index is -4.87. The summed E-state index contributed by atoms with van der Waals surface area (Å²) in [5.41, 5.74) is 1.65. The molecule has 0 saturated carbocycles. The summed E-state index contributed by atoms with van der Waals surface area (Å²) >= 11 is 0. The van der Waals surface area contributed by atoms with E-state index in [-0.39, 0.29) is 5.95 Å². The lowest BCUT2D eigenvalue weighted by molar-refractivity contribution is -0.205. The molecule has 0 aliphatic carbocycles. The first-order chi connectivity index (χ1) is 11.8. The molecule has 26 heavy (non-hydrogen) atoms. The standard InChI is InChI=1S/C17H19F3N4O2/c1-9-5-11-12(6-10(9)8-21)24(16(2,3)4)15(22-11)23-14(26)7-13(25)17(18,19)20/h5-6,13,25H,7H2,1-4H3,(H,22,23,26)/t13-/m1/s1. The molecule has 1 amide bonds. The van der Waals surface area contributed by atoms with Crippen LogP contribution in [0.15, 0.2) is 12.1 Å². The first-order valence-corrected chi connectivity index (χ1v) is 7.83. The highest BCUT2D eigenvalue weighted by Crippen LogP contribution is 2.30. The first kappa shape index (κ1) is 19.7. The number of aliphatic hydroxyl groups is 1. The predicted molar refractivity (Wildman–Crippen MR) is 89.5 cm³/mol. The molecule has 2 aromatic rings. The Labute approximate surface area is 148 Å². The van der Waals surface area contributed by atoms with E-state index in [1.54, 1.807) is 23.6 Å². The third-order valence-electron chi connectivity index (χ3n) is 3.80. The number of benzene rings is 1. The average Bonchev–Trinajstić information content (AvgIpc) is 2.81. The van der Waals surface area contributed by atoms with E-state index in [2.05, 4.69) is 16.4 Å². The van der Waals surface area contributed by atoms with E-state index in [0.29, 0.717) is 22.2 Å². The molecule has 0 radical (unpaired) electrons. The second-order valence-electron chi connectivity index (χ2n) is 7.02. The van der Waals surface area contributed by atoms with Crippen molar-refractivity contribution >= 4 is 22.9 Å². The van der Waals surface area contributed by atoms with Gasteiger partial charge in [-0.2, -0.15) is 18.4 Å². The number of carbonyl (C=O) groups excluding carboxylic acids is 1. The number of fused-ring (bicyclic) bond motifs is 1. The fourth-order valence-electron chi connectivity index (χ4n) is 2.58. The Morgan fingerprint density at radius 2 is 2.00 bits per heavy atom. The zero-order chi connectivity index (χ0) is 19.9. The van der Waals surface area contributed by atoms with Crippen molar-refractivity contribution in [2.75, 3.05) is 5.32 Å². The first-order valence-electron chi connectivity index (χ1n) is 7.83. The topological polar surface area (TPSA) is 90.9 Å². The van der Waals surface area contributed by atoms with Crippen LogP contribution >= 0.6 is 0 Å². The lowest BCUT2D eigenvalue weighted by Gasteiger charge is -2.25. The quantitative estimate of drug-likeness (QED) is 0.870. The molecule has 140 valence electrons. The summed E-state index contributed by atoms with van der Waals surface area (Å²) in [4.78, 5) is 16.2. The number of carbonyl (C=O) groups is 1. The van der Waals surface area contributed by atoms with Gasteiger partial charge in [-0.05, 0) is 45.4 Å². The molecule has 1 atom stereocenters. The van der Waals surface area contributed by atoms with Crippen molar-refractivity contribution in [3.63, 3.8) is 0 Å². The zero-order valence-electron chi connectivity index (χ0n) is 14.8. The Kier molecular flexibility index (Phi) is 5.01. The fourth-order valence-corrected chi connectivity index (χ4v) is 2.58. The maximum absolute atomic E-state index is 12.4. The Hall–Kier alpha value is -2.60. The van der Waals surface area contributed by atoms with Crippen molar-refractivity contribution in [3.05, 3.63) is 23.3 Å². The molecule has 0 aliphatic heterocycles. The molecule has 1 aromatic carbocycles. The minimum absolute atomic E-state index is 0.0568. The fraction of sp³-hybridized carbons (Fsp3) is 0.471. The van der Waals surface area contributed by atoms with Gasteiger partial charge >= 0.3 is 6.18 Å². The smallest absolute Gasteiger partial charge is 0.383 e. The number of nitriles is 1. The summed E-state index contributed by atoms with van der Waals surface area (Å²) in [5, 5.41) is 20.6. The Morgan fingerprint density at radius 1 is 1.38 bits per heavy atom. The zero-order valence-corrected chi connectivity index (χ0v) is 14.8. The molecule has 0 spiro atoms. The number of rotatable bonds is 3. The van der Waals surface area contributed by atoms with E-state index in [1.807, 2.05) is 20.8 Å². The highest BCUT2D eigenvalue weighted by Gasteiger charge is 2.39. The SMILES string of the molecule is Cc1cc2nc(NC(=O)C[C@@H](O)C(F)(F)F)n(C(C)(C)C)c2cc1C#N.